The molecule has 0 spiro atoms. The lowest BCUT2D eigenvalue weighted by Crippen LogP contribution is -2.33. The second-order valence-electron chi connectivity index (χ2n) is 4.60. The minimum atomic E-state index is -0.368. The highest BCUT2D eigenvalue weighted by Crippen LogP contribution is 2.22. The Morgan fingerprint density at radius 1 is 1.05 bits per heavy atom. The van der Waals surface area contributed by atoms with Crippen molar-refractivity contribution in [3.8, 4) is 0 Å². The van der Waals surface area contributed by atoms with Gasteiger partial charge in [-0.2, -0.15) is 0 Å². The van der Waals surface area contributed by atoms with Crippen LogP contribution in [-0.2, 0) is 9.53 Å². The summed E-state index contributed by atoms with van der Waals surface area (Å²) in [6.07, 6.45) is 0.113. The molecule has 0 aromatic heterocycles. The van der Waals surface area contributed by atoms with Gasteiger partial charge in [-0.3, -0.25) is 9.59 Å². The van der Waals surface area contributed by atoms with Crippen LogP contribution < -0.4 is 4.90 Å². The molecule has 0 bridgehead atoms. The van der Waals surface area contributed by atoms with E-state index in [0.717, 1.165) is 0 Å². The Bertz CT molecular complexity index is 658. The highest BCUT2D eigenvalue weighted by atomic mass is 35.5. The summed E-state index contributed by atoms with van der Waals surface area (Å²) in [7, 11) is 1.32. The van der Waals surface area contributed by atoms with Crippen molar-refractivity contribution in [3.05, 3.63) is 65.2 Å². The highest BCUT2D eigenvalue weighted by molar-refractivity contribution is 6.34. The Labute approximate surface area is 134 Å². The fourth-order valence-corrected chi connectivity index (χ4v) is 2.26. The fraction of sp³-hybridized carbons (Fsp3) is 0.176. The number of amides is 1. The SMILES string of the molecule is COC(=O)CCN(C(=O)c1ccccc1Cl)c1ccccc1. The van der Waals surface area contributed by atoms with Gasteiger partial charge >= 0.3 is 5.97 Å². The fourth-order valence-electron chi connectivity index (χ4n) is 2.04. The number of rotatable bonds is 5. The number of carbonyl (C=O) groups is 2. The number of anilines is 1. The standard InChI is InChI=1S/C17H16ClNO3/c1-22-16(20)11-12-19(13-7-3-2-4-8-13)17(21)14-9-5-6-10-15(14)18/h2-10H,11-12H2,1H3. The lowest BCUT2D eigenvalue weighted by molar-refractivity contribution is -0.140. The molecular weight excluding hydrogens is 302 g/mol. The molecule has 4 nitrogen and oxygen atoms in total. The van der Waals surface area contributed by atoms with Crippen LogP contribution in [0.2, 0.25) is 5.02 Å². The predicted octanol–water partition coefficient (Wildman–Crippen LogP) is 3.55. The molecule has 2 rings (SSSR count). The van der Waals surface area contributed by atoms with Gasteiger partial charge in [0.1, 0.15) is 0 Å². The lowest BCUT2D eigenvalue weighted by Gasteiger charge is -2.23. The molecule has 0 radical (unpaired) electrons. The minimum absolute atomic E-state index is 0.113. The summed E-state index contributed by atoms with van der Waals surface area (Å²) in [6.45, 7) is 0.223. The summed E-state index contributed by atoms with van der Waals surface area (Å²) in [5.74, 6) is -0.617. The number of nitrogens with zero attached hydrogens (tertiary/aromatic N) is 1. The number of para-hydroxylation sites is 1. The molecule has 0 aliphatic rings. The number of benzene rings is 2. The Morgan fingerprint density at radius 3 is 2.32 bits per heavy atom. The van der Waals surface area contributed by atoms with Gasteiger partial charge in [-0.1, -0.05) is 41.9 Å². The number of hydrogen-bond acceptors (Lipinski definition) is 3. The molecule has 0 aliphatic heterocycles. The molecule has 0 saturated heterocycles. The molecule has 0 atom stereocenters. The van der Waals surface area contributed by atoms with Crippen LogP contribution in [0.4, 0.5) is 5.69 Å². The largest absolute Gasteiger partial charge is 0.469 e. The normalized spacial score (nSPS) is 10.1. The van der Waals surface area contributed by atoms with E-state index in [0.29, 0.717) is 16.3 Å². The van der Waals surface area contributed by atoms with Crippen molar-refractivity contribution >= 4 is 29.2 Å². The molecule has 0 heterocycles. The molecule has 0 saturated carbocycles. The maximum atomic E-state index is 12.8. The van der Waals surface area contributed by atoms with E-state index in [1.54, 1.807) is 24.3 Å². The first-order valence-corrected chi connectivity index (χ1v) is 7.19. The minimum Gasteiger partial charge on any atom is -0.469 e. The summed E-state index contributed by atoms with van der Waals surface area (Å²) in [5.41, 5.74) is 1.11. The second-order valence-corrected chi connectivity index (χ2v) is 5.01. The van der Waals surface area contributed by atoms with Crippen LogP contribution >= 0.6 is 11.6 Å². The topological polar surface area (TPSA) is 46.6 Å². The molecule has 0 aliphatic carbocycles. The van der Waals surface area contributed by atoms with Crippen molar-refractivity contribution in [1.82, 2.24) is 0 Å². The van der Waals surface area contributed by atoms with Crippen LogP contribution in [0.25, 0.3) is 0 Å². The van der Waals surface area contributed by atoms with E-state index >= 15 is 0 Å². The summed E-state index contributed by atoms with van der Waals surface area (Å²) in [5, 5.41) is 0.381. The average Bonchev–Trinajstić information content (AvgIpc) is 2.56. The van der Waals surface area contributed by atoms with E-state index in [9.17, 15) is 9.59 Å². The summed E-state index contributed by atoms with van der Waals surface area (Å²) in [6, 6.07) is 16.0. The molecule has 0 unspecified atom stereocenters. The zero-order valence-corrected chi connectivity index (χ0v) is 12.9. The third-order valence-electron chi connectivity index (χ3n) is 3.18. The Balaban J connectivity index is 2.30. The van der Waals surface area contributed by atoms with Crippen LogP contribution in [0, 0.1) is 0 Å². The van der Waals surface area contributed by atoms with Crippen LogP contribution in [-0.4, -0.2) is 25.5 Å². The zero-order valence-electron chi connectivity index (χ0n) is 12.2. The van der Waals surface area contributed by atoms with Crippen LogP contribution in [0.1, 0.15) is 16.8 Å². The van der Waals surface area contributed by atoms with Gasteiger partial charge in [0.05, 0.1) is 24.1 Å². The first kappa shape index (κ1) is 16.0. The number of esters is 1. The summed E-state index contributed by atoms with van der Waals surface area (Å²) in [4.78, 5) is 25.7. The van der Waals surface area contributed by atoms with Crippen molar-refractivity contribution in [3.63, 3.8) is 0 Å². The van der Waals surface area contributed by atoms with E-state index in [2.05, 4.69) is 4.74 Å². The van der Waals surface area contributed by atoms with Gasteiger partial charge < -0.3 is 9.64 Å². The van der Waals surface area contributed by atoms with Crippen molar-refractivity contribution < 1.29 is 14.3 Å². The third kappa shape index (κ3) is 3.86. The molecule has 114 valence electrons. The molecule has 0 fully saturated rings. The van der Waals surface area contributed by atoms with E-state index in [1.165, 1.54) is 12.0 Å². The maximum Gasteiger partial charge on any atom is 0.307 e. The second kappa shape index (κ2) is 7.61. The molecule has 5 heteroatoms. The third-order valence-corrected chi connectivity index (χ3v) is 3.51. The first-order chi connectivity index (χ1) is 10.6. The molecular formula is C17H16ClNO3. The van der Waals surface area contributed by atoms with Gasteiger partial charge in [-0.25, -0.2) is 0 Å². The summed E-state index contributed by atoms with van der Waals surface area (Å²) < 4.78 is 4.64. The quantitative estimate of drug-likeness (QED) is 0.792. The Hall–Kier alpha value is -2.33. The van der Waals surface area contributed by atoms with Crippen molar-refractivity contribution in [1.29, 1.82) is 0 Å². The average molecular weight is 318 g/mol. The highest BCUT2D eigenvalue weighted by Gasteiger charge is 2.20. The number of halogens is 1. The van der Waals surface area contributed by atoms with E-state index in [-0.39, 0.29) is 24.8 Å². The molecule has 22 heavy (non-hydrogen) atoms. The number of methoxy groups -OCH3 is 1. The van der Waals surface area contributed by atoms with E-state index in [1.807, 2.05) is 30.3 Å². The smallest absolute Gasteiger partial charge is 0.307 e. The monoisotopic (exact) mass is 317 g/mol. The van der Waals surface area contributed by atoms with Gasteiger partial charge in [-0.15, -0.1) is 0 Å². The predicted molar refractivity (Wildman–Crippen MR) is 86.2 cm³/mol. The first-order valence-electron chi connectivity index (χ1n) is 6.81. The van der Waals surface area contributed by atoms with Crippen LogP contribution in [0.3, 0.4) is 0 Å². The number of hydrogen-bond donors (Lipinski definition) is 0. The van der Waals surface area contributed by atoms with Crippen molar-refractivity contribution in [2.45, 2.75) is 6.42 Å². The zero-order chi connectivity index (χ0) is 15.9. The Morgan fingerprint density at radius 2 is 1.68 bits per heavy atom. The van der Waals surface area contributed by atoms with Crippen molar-refractivity contribution in [2.75, 3.05) is 18.6 Å². The van der Waals surface area contributed by atoms with Gasteiger partial charge in [0.2, 0.25) is 0 Å². The maximum absolute atomic E-state index is 12.8. The number of carbonyl (C=O) groups excluding carboxylic acids is 2. The molecule has 1 amide bonds. The van der Waals surface area contributed by atoms with Gasteiger partial charge in [-0.05, 0) is 24.3 Å². The van der Waals surface area contributed by atoms with Crippen LogP contribution in [0.15, 0.2) is 54.6 Å². The van der Waals surface area contributed by atoms with E-state index < -0.39 is 0 Å². The van der Waals surface area contributed by atoms with Crippen molar-refractivity contribution in [2.24, 2.45) is 0 Å². The lowest BCUT2D eigenvalue weighted by atomic mass is 10.1. The summed E-state index contributed by atoms with van der Waals surface area (Å²) >= 11 is 6.10. The number of ether oxygens (including phenoxy) is 1. The van der Waals surface area contributed by atoms with E-state index in [4.69, 9.17) is 11.6 Å². The molecule has 2 aromatic rings. The van der Waals surface area contributed by atoms with Gasteiger partial charge in [0.15, 0.2) is 0 Å². The van der Waals surface area contributed by atoms with Crippen LogP contribution in [0.5, 0.6) is 0 Å². The molecule has 0 N–H and O–H groups in total. The van der Waals surface area contributed by atoms with Gasteiger partial charge in [0.25, 0.3) is 5.91 Å². The molecule has 2 aromatic carbocycles. The Kier molecular flexibility index (Phi) is 5.55. The van der Waals surface area contributed by atoms with Gasteiger partial charge in [0, 0.05) is 12.2 Å².